The molecule has 2 heterocycles. The minimum Gasteiger partial charge on any atom is -0.383 e. The number of carbonyl (C=O) groups excluding carboxylic acids is 2. The maximum atomic E-state index is 11.3. The molecule has 0 aliphatic rings. The zero-order chi connectivity index (χ0) is 35.5. The number of para-hydroxylation sites is 2. The van der Waals surface area contributed by atoms with Crippen LogP contribution in [0.1, 0.15) is 47.0 Å². The van der Waals surface area contributed by atoms with Gasteiger partial charge < -0.3 is 26.0 Å². The molecule has 10 nitrogen and oxygen atoms in total. The number of nitrogens with one attached hydrogen (secondary N) is 5. The van der Waals surface area contributed by atoms with Crippen LogP contribution in [-0.4, -0.2) is 72.9 Å². The molecular formula is C37H53N7O3S2. The molecule has 2 aromatic heterocycles. The quantitative estimate of drug-likeness (QED) is 0.0353. The van der Waals surface area contributed by atoms with Crippen molar-refractivity contribution in [3.8, 4) is 0 Å². The van der Waals surface area contributed by atoms with E-state index in [0.29, 0.717) is 26.6 Å². The zero-order valence-corrected chi connectivity index (χ0v) is 31.0. The summed E-state index contributed by atoms with van der Waals surface area (Å²) in [7, 11) is 0. The average molecular weight is 708 g/mol. The van der Waals surface area contributed by atoms with Crippen LogP contribution in [0.3, 0.4) is 0 Å². The number of aromatic nitrogens is 2. The van der Waals surface area contributed by atoms with Crippen LogP contribution < -0.4 is 26.6 Å². The molecule has 0 fully saturated rings. The maximum absolute atomic E-state index is 11.3. The number of ether oxygens (including phenoxy) is 1. The third kappa shape index (κ3) is 14.8. The highest BCUT2D eigenvalue weighted by molar-refractivity contribution is 7.81. The van der Waals surface area contributed by atoms with E-state index in [0.717, 1.165) is 65.5 Å². The van der Waals surface area contributed by atoms with Gasteiger partial charge in [-0.1, -0.05) is 64.1 Å². The van der Waals surface area contributed by atoms with Crippen molar-refractivity contribution < 1.29 is 14.3 Å². The molecule has 0 saturated heterocycles. The lowest BCUT2D eigenvalue weighted by atomic mass is 9.73. The van der Waals surface area contributed by atoms with Crippen molar-refractivity contribution in [3.63, 3.8) is 0 Å². The molecule has 0 saturated carbocycles. The van der Waals surface area contributed by atoms with Gasteiger partial charge in [0.25, 0.3) is 0 Å². The fraction of sp³-hybridized carbons (Fsp3) is 0.459. The van der Waals surface area contributed by atoms with Crippen LogP contribution >= 0.6 is 25.3 Å². The van der Waals surface area contributed by atoms with Gasteiger partial charge in [-0.3, -0.25) is 24.9 Å². The van der Waals surface area contributed by atoms with Crippen LogP contribution in [0.25, 0.3) is 21.8 Å². The summed E-state index contributed by atoms with van der Waals surface area (Å²) in [6, 6.07) is 20.3. The van der Waals surface area contributed by atoms with E-state index in [-0.39, 0.29) is 34.2 Å². The number of rotatable bonds is 19. The molecule has 0 spiro atoms. The number of fused-ring (bicyclic) bond motifs is 2. The molecule has 0 radical (unpaired) electrons. The van der Waals surface area contributed by atoms with Crippen LogP contribution in [0.5, 0.6) is 0 Å². The van der Waals surface area contributed by atoms with E-state index in [2.05, 4.69) is 114 Å². The Morgan fingerprint density at radius 1 is 0.735 bits per heavy atom. The van der Waals surface area contributed by atoms with Crippen molar-refractivity contribution in [1.82, 2.24) is 25.9 Å². The van der Waals surface area contributed by atoms with Crippen molar-refractivity contribution in [1.29, 1.82) is 0 Å². The van der Waals surface area contributed by atoms with E-state index >= 15 is 0 Å². The molecule has 0 bridgehead atoms. The van der Waals surface area contributed by atoms with Gasteiger partial charge in [-0.15, -0.1) is 0 Å². The second-order valence-corrected chi connectivity index (χ2v) is 14.0. The second kappa shape index (κ2) is 20.8. The van der Waals surface area contributed by atoms with Gasteiger partial charge in [0.1, 0.15) is 6.73 Å². The highest BCUT2D eigenvalue weighted by Crippen LogP contribution is 2.36. The molecule has 2 amide bonds. The first-order chi connectivity index (χ1) is 23.5. The highest BCUT2D eigenvalue weighted by Gasteiger charge is 2.28. The van der Waals surface area contributed by atoms with Crippen LogP contribution in [0.4, 0.5) is 11.4 Å². The van der Waals surface area contributed by atoms with Gasteiger partial charge >= 0.3 is 0 Å². The summed E-state index contributed by atoms with van der Waals surface area (Å²) in [4.78, 5) is 31.2. The monoisotopic (exact) mass is 707 g/mol. The number of benzene rings is 2. The number of nitrogens with zero attached hydrogens (tertiary/aromatic N) is 2. The Balaban J connectivity index is 0.000000267. The minimum atomic E-state index is -0.0787. The van der Waals surface area contributed by atoms with Gasteiger partial charge in [0, 0.05) is 36.3 Å². The summed E-state index contributed by atoms with van der Waals surface area (Å²) in [5, 5.41) is 17.8. The first-order valence-corrected chi connectivity index (χ1v) is 18.0. The number of amides is 2. The van der Waals surface area contributed by atoms with Crippen LogP contribution in [0.15, 0.2) is 73.1 Å². The summed E-state index contributed by atoms with van der Waals surface area (Å²) < 4.78 is 5.56. The van der Waals surface area contributed by atoms with Gasteiger partial charge in [-0.2, -0.15) is 25.3 Å². The van der Waals surface area contributed by atoms with Crippen LogP contribution in [-0.2, 0) is 14.3 Å². The summed E-state index contributed by atoms with van der Waals surface area (Å²) in [5.41, 5.74) is 4.27. The lowest BCUT2D eigenvalue weighted by Gasteiger charge is -2.35. The molecular weight excluding hydrogens is 655 g/mol. The van der Waals surface area contributed by atoms with Gasteiger partial charge in [0.05, 0.1) is 47.2 Å². The Hall–Kier alpha value is -3.58. The average Bonchev–Trinajstić information content (AvgIpc) is 3.09. The number of hydrogen-bond donors (Lipinski definition) is 7. The lowest BCUT2D eigenvalue weighted by molar-refractivity contribution is -0.119. The number of carbonyl (C=O) groups is 2. The molecule has 266 valence electrons. The van der Waals surface area contributed by atoms with Crippen molar-refractivity contribution in [2.24, 2.45) is 10.8 Å². The molecule has 0 atom stereocenters. The number of pyridine rings is 2. The summed E-state index contributed by atoms with van der Waals surface area (Å²) in [6.45, 7) is 13.0. The smallest absolute Gasteiger partial charge is 0.230 e. The maximum Gasteiger partial charge on any atom is 0.230 e. The Morgan fingerprint density at radius 2 is 1.31 bits per heavy atom. The third-order valence-electron chi connectivity index (χ3n) is 7.81. The number of thiol groups is 2. The van der Waals surface area contributed by atoms with E-state index in [1.165, 1.54) is 0 Å². The molecule has 2 aromatic carbocycles. The highest BCUT2D eigenvalue weighted by atomic mass is 32.1. The lowest BCUT2D eigenvalue weighted by Crippen LogP contribution is -2.35. The van der Waals surface area contributed by atoms with E-state index < -0.39 is 0 Å². The van der Waals surface area contributed by atoms with E-state index in [1.54, 1.807) is 6.20 Å². The molecule has 12 heteroatoms. The molecule has 0 aliphatic heterocycles. The molecule has 4 aromatic rings. The van der Waals surface area contributed by atoms with Gasteiger partial charge in [-0.05, 0) is 60.9 Å². The SMILES string of the molecule is CC(C)(CCNC(=O)CS)CC(C)(C)CNc1cccc2cccnc12.O=C(CS)NCNCCCOCNc1cccc2cccnc12. The fourth-order valence-corrected chi connectivity index (χ4v) is 5.90. The Morgan fingerprint density at radius 3 is 1.92 bits per heavy atom. The van der Waals surface area contributed by atoms with Crippen LogP contribution in [0.2, 0.25) is 0 Å². The Labute approximate surface area is 302 Å². The second-order valence-electron chi connectivity index (χ2n) is 13.4. The first-order valence-electron chi connectivity index (χ1n) is 16.7. The van der Waals surface area contributed by atoms with Crippen molar-refractivity contribution in [2.45, 2.75) is 47.0 Å². The normalized spacial score (nSPS) is 11.5. The third-order valence-corrected chi connectivity index (χ3v) is 8.38. The van der Waals surface area contributed by atoms with E-state index in [9.17, 15) is 9.59 Å². The van der Waals surface area contributed by atoms with Gasteiger partial charge in [0.2, 0.25) is 11.8 Å². The van der Waals surface area contributed by atoms with Crippen molar-refractivity contribution >= 4 is 70.3 Å². The standard InChI is InChI=1S/C21H31N3OS.C16H22N4O2S/c1-20(2,10-12-22-18(25)13-26)14-21(3,4)15-24-17-9-5-7-16-8-6-11-23-19(16)17;21-15(10-23)19-11-17-7-3-9-22-12-20-14-6-1-4-13-5-2-8-18-16(13)14/h5-9,11,24,26H,10,12-15H2,1-4H3,(H,22,25);1-2,4-6,8,17,20,23H,3,7,9-12H2,(H,19,21). The predicted octanol–water partition coefficient (Wildman–Crippen LogP) is 6.13. The van der Waals surface area contributed by atoms with Gasteiger partial charge in [0.15, 0.2) is 0 Å². The summed E-state index contributed by atoms with van der Waals surface area (Å²) >= 11 is 7.87. The van der Waals surface area contributed by atoms with Crippen molar-refractivity contribution in [2.75, 3.05) is 61.8 Å². The predicted molar refractivity (Wildman–Crippen MR) is 210 cm³/mol. The minimum absolute atomic E-state index is 0.00600. The largest absolute Gasteiger partial charge is 0.383 e. The Bertz CT molecular complexity index is 1590. The molecule has 0 aliphatic carbocycles. The molecule has 4 rings (SSSR count). The van der Waals surface area contributed by atoms with E-state index in [1.807, 2.05) is 42.6 Å². The molecule has 5 N–H and O–H groups in total. The fourth-order valence-electron chi connectivity index (χ4n) is 5.68. The summed E-state index contributed by atoms with van der Waals surface area (Å²) in [6.07, 6.45) is 6.49. The molecule has 49 heavy (non-hydrogen) atoms. The van der Waals surface area contributed by atoms with Crippen molar-refractivity contribution in [3.05, 3.63) is 73.1 Å². The summed E-state index contributed by atoms with van der Waals surface area (Å²) in [5.74, 6) is 0.368. The Kier molecular flexibility index (Phi) is 16.9. The number of anilines is 2. The topological polar surface area (TPSA) is 129 Å². The first kappa shape index (κ1) is 39.9. The molecule has 0 unspecified atom stereocenters. The van der Waals surface area contributed by atoms with Gasteiger partial charge in [-0.25, -0.2) is 0 Å². The number of hydrogen-bond acceptors (Lipinski definition) is 10. The van der Waals surface area contributed by atoms with E-state index in [4.69, 9.17) is 4.74 Å². The zero-order valence-electron chi connectivity index (χ0n) is 29.2. The van der Waals surface area contributed by atoms with Crippen LogP contribution in [0, 0.1) is 10.8 Å².